The second kappa shape index (κ2) is 8.21. The molecule has 0 saturated heterocycles. The number of nitrogens with zero attached hydrogens (tertiary/aromatic N) is 1. The highest BCUT2D eigenvalue weighted by molar-refractivity contribution is 6.32. The summed E-state index contributed by atoms with van der Waals surface area (Å²) in [5, 5.41) is 11.9. The first-order valence-electron chi connectivity index (χ1n) is 7.28. The fraction of sp³-hybridized carbons (Fsp3) is 0.222. The Hall–Kier alpha value is -2.51. The van der Waals surface area contributed by atoms with Crippen LogP contribution in [0.5, 0.6) is 5.75 Å². The van der Waals surface area contributed by atoms with Crippen LogP contribution < -0.4 is 10.1 Å². The average Bonchev–Trinajstić information content (AvgIpc) is 2.57. The number of ether oxygens (including phenoxy) is 1. The minimum absolute atomic E-state index is 0.207. The Kier molecular flexibility index (Phi) is 6.02. The molecular formula is C18H17ClN2O2. The number of nitriles is 1. The molecule has 0 saturated carbocycles. The molecule has 4 nitrogen and oxygen atoms in total. The third kappa shape index (κ3) is 5.01. The fourth-order valence-corrected chi connectivity index (χ4v) is 2.25. The molecule has 0 bridgehead atoms. The number of carbonyl (C=O) groups is 1. The van der Waals surface area contributed by atoms with E-state index < -0.39 is 6.10 Å². The van der Waals surface area contributed by atoms with Gasteiger partial charge in [0.05, 0.1) is 16.7 Å². The van der Waals surface area contributed by atoms with Gasteiger partial charge >= 0.3 is 0 Å². The van der Waals surface area contributed by atoms with Gasteiger partial charge in [0.15, 0.2) is 6.10 Å². The van der Waals surface area contributed by atoms with Gasteiger partial charge in [0, 0.05) is 6.54 Å². The van der Waals surface area contributed by atoms with E-state index in [0.29, 0.717) is 22.9 Å². The van der Waals surface area contributed by atoms with Gasteiger partial charge in [-0.05, 0) is 37.1 Å². The second-order valence-corrected chi connectivity index (χ2v) is 5.45. The van der Waals surface area contributed by atoms with Crippen LogP contribution >= 0.6 is 11.6 Å². The summed E-state index contributed by atoms with van der Waals surface area (Å²) in [6, 6.07) is 16.6. The molecule has 1 amide bonds. The quantitative estimate of drug-likeness (QED) is 0.884. The lowest BCUT2D eigenvalue weighted by Crippen LogP contribution is -2.37. The number of amides is 1. The maximum atomic E-state index is 12.0. The van der Waals surface area contributed by atoms with Gasteiger partial charge in [-0.1, -0.05) is 41.9 Å². The summed E-state index contributed by atoms with van der Waals surface area (Å²) >= 11 is 6.03. The fourth-order valence-electron chi connectivity index (χ4n) is 2.03. The third-order valence-electron chi connectivity index (χ3n) is 3.29. The van der Waals surface area contributed by atoms with Crippen molar-refractivity contribution in [2.45, 2.75) is 19.4 Å². The van der Waals surface area contributed by atoms with E-state index in [1.807, 2.05) is 36.4 Å². The predicted octanol–water partition coefficient (Wildman–Crippen LogP) is 3.34. The predicted molar refractivity (Wildman–Crippen MR) is 89.4 cm³/mol. The topological polar surface area (TPSA) is 62.1 Å². The van der Waals surface area contributed by atoms with Crippen LogP contribution in [0.3, 0.4) is 0 Å². The molecule has 0 aliphatic rings. The van der Waals surface area contributed by atoms with Crippen LogP contribution in [-0.2, 0) is 11.2 Å². The van der Waals surface area contributed by atoms with Crippen molar-refractivity contribution in [2.24, 2.45) is 0 Å². The maximum Gasteiger partial charge on any atom is 0.260 e. The summed E-state index contributed by atoms with van der Waals surface area (Å²) in [5.41, 5.74) is 1.61. The van der Waals surface area contributed by atoms with Gasteiger partial charge in [-0.2, -0.15) is 5.26 Å². The summed E-state index contributed by atoms with van der Waals surface area (Å²) in [4.78, 5) is 12.0. The van der Waals surface area contributed by atoms with Crippen molar-refractivity contribution in [2.75, 3.05) is 6.54 Å². The summed E-state index contributed by atoms with van der Waals surface area (Å²) in [5.74, 6) is 0.178. The molecule has 1 N–H and O–H groups in total. The Labute approximate surface area is 140 Å². The van der Waals surface area contributed by atoms with Crippen molar-refractivity contribution in [1.29, 1.82) is 5.26 Å². The highest BCUT2D eigenvalue weighted by Gasteiger charge is 2.15. The van der Waals surface area contributed by atoms with Gasteiger partial charge in [-0.15, -0.1) is 0 Å². The normalized spacial score (nSPS) is 11.3. The SMILES string of the molecule is C[C@@H](Oc1ccc(C#N)cc1Cl)C(=O)NCCc1ccccc1. The summed E-state index contributed by atoms with van der Waals surface area (Å²) in [6.07, 6.45) is 0.0907. The molecule has 0 spiro atoms. The lowest BCUT2D eigenvalue weighted by Gasteiger charge is -2.15. The maximum absolute atomic E-state index is 12.0. The van der Waals surface area contributed by atoms with Crippen LogP contribution in [-0.4, -0.2) is 18.6 Å². The first kappa shape index (κ1) is 16.9. The van der Waals surface area contributed by atoms with Crippen LogP contribution in [0.2, 0.25) is 5.02 Å². The minimum atomic E-state index is -0.670. The van der Waals surface area contributed by atoms with Gasteiger partial charge in [0.2, 0.25) is 0 Å². The molecule has 23 heavy (non-hydrogen) atoms. The largest absolute Gasteiger partial charge is 0.479 e. The zero-order chi connectivity index (χ0) is 16.7. The van der Waals surface area contributed by atoms with Crippen molar-refractivity contribution >= 4 is 17.5 Å². The van der Waals surface area contributed by atoms with Crippen molar-refractivity contribution in [1.82, 2.24) is 5.32 Å². The molecule has 118 valence electrons. The monoisotopic (exact) mass is 328 g/mol. The van der Waals surface area contributed by atoms with E-state index >= 15 is 0 Å². The van der Waals surface area contributed by atoms with E-state index in [1.165, 1.54) is 6.07 Å². The Morgan fingerprint density at radius 3 is 2.70 bits per heavy atom. The van der Waals surface area contributed by atoms with Crippen molar-refractivity contribution < 1.29 is 9.53 Å². The number of hydrogen-bond donors (Lipinski definition) is 1. The third-order valence-corrected chi connectivity index (χ3v) is 3.59. The number of hydrogen-bond acceptors (Lipinski definition) is 3. The average molecular weight is 329 g/mol. The minimum Gasteiger partial charge on any atom is -0.479 e. The van der Waals surface area contributed by atoms with Crippen LogP contribution in [0, 0.1) is 11.3 Å². The zero-order valence-corrected chi connectivity index (χ0v) is 13.5. The van der Waals surface area contributed by atoms with E-state index in [-0.39, 0.29) is 5.91 Å². The van der Waals surface area contributed by atoms with Crippen LogP contribution in [0.4, 0.5) is 0 Å². The Morgan fingerprint density at radius 2 is 2.04 bits per heavy atom. The standard InChI is InChI=1S/C18H17ClN2O2/c1-13(23-17-8-7-15(12-20)11-16(17)19)18(22)21-10-9-14-5-3-2-4-6-14/h2-8,11,13H,9-10H2,1H3,(H,21,22)/t13-/m1/s1. The van der Waals surface area contributed by atoms with E-state index in [1.54, 1.807) is 19.1 Å². The number of benzene rings is 2. The molecule has 0 fully saturated rings. The molecule has 2 aromatic rings. The number of nitrogens with one attached hydrogen (secondary N) is 1. The van der Waals surface area contributed by atoms with Gasteiger partial charge in [0.1, 0.15) is 5.75 Å². The summed E-state index contributed by atoms with van der Waals surface area (Å²) in [7, 11) is 0. The number of rotatable bonds is 6. The highest BCUT2D eigenvalue weighted by Crippen LogP contribution is 2.26. The molecule has 0 aliphatic heterocycles. The molecule has 1 atom stereocenters. The van der Waals surface area contributed by atoms with Crippen LogP contribution in [0.1, 0.15) is 18.1 Å². The molecule has 0 aromatic heterocycles. The van der Waals surface area contributed by atoms with Crippen LogP contribution in [0.25, 0.3) is 0 Å². The van der Waals surface area contributed by atoms with Gasteiger partial charge in [-0.25, -0.2) is 0 Å². The Bertz CT molecular complexity index is 711. The van der Waals surface area contributed by atoms with Crippen molar-refractivity contribution in [3.63, 3.8) is 0 Å². The lowest BCUT2D eigenvalue weighted by molar-refractivity contribution is -0.127. The molecular weight excluding hydrogens is 312 g/mol. The summed E-state index contributed by atoms with van der Waals surface area (Å²) < 4.78 is 5.56. The first-order valence-corrected chi connectivity index (χ1v) is 7.66. The van der Waals surface area contributed by atoms with E-state index in [0.717, 1.165) is 12.0 Å². The highest BCUT2D eigenvalue weighted by atomic mass is 35.5. The smallest absolute Gasteiger partial charge is 0.260 e. The summed E-state index contributed by atoms with van der Waals surface area (Å²) in [6.45, 7) is 2.20. The van der Waals surface area contributed by atoms with Gasteiger partial charge in [0.25, 0.3) is 5.91 Å². The zero-order valence-electron chi connectivity index (χ0n) is 12.8. The van der Waals surface area contributed by atoms with E-state index in [4.69, 9.17) is 21.6 Å². The molecule has 2 rings (SSSR count). The molecule has 0 unspecified atom stereocenters. The van der Waals surface area contributed by atoms with E-state index in [9.17, 15) is 4.79 Å². The van der Waals surface area contributed by atoms with Crippen LogP contribution in [0.15, 0.2) is 48.5 Å². The molecule has 5 heteroatoms. The molecule has 0 aliphatic carbocycles. The number of halogens is 1. The Balaban J connectivity index is 1.84. The second-order valence-electron chi connectivity index (χ2n) is 5.04. The first-order chi connectivity index (χ1) is 11.1. The van der Waals surface area contributed by atoms with Gasteiger partial charge < -0.3 is 10.1 Å². The van der Waals surface area contributed by atoms with Gasteiger partial charge in [-0.3, -0.25) is 4.79 Å². The molecule has 0 radical (unpaired) electrons. The van der Waals surface area contributed by atoms with Crippen molar-refractivity contribution in [3.8, 4) is 11.8 Å². The molecule has 0 heterocycles. The van der Waals surface area contributed by atoms with Crippen molar-refractivity contribution in [3.05, 3.63) is 64.7 Å². The van der Waals surface area contributed by atoms with E-state index in [2.05, 4.69) is 5.32 Å². The number of carbonyl (C=O) groups excluding carboxylic acids is 1. The Morgan fingerprint density at radius 1 is 1.30 bits per heavy atom. The lowest BCUT2D eigenvalue weighted by atomic mass is 10.1. The molecule has 2 aromatic carbocycles.